The molecule has 1 N–H and O–H groups in total. The summed E-state index contributed by atoms with van der Waals surface area (Å²) < 4.78 is 16.0. The number of aryl methyl sites for hydroxylation is 1. The Morgan fingerprint density at radius 2 is 1.93 bits per heavy atom. The minimum atomic E-state index is -0.224. The van der Waals surface area contributed by atoms with E-state index in [1.807, 2.05) is 48.5 Å². The summed E-state index contributed by atoms with van der Waals surface area (Å²) >= 11 is 0. The summed E-state index contributed by atoms with van der Waals surface area (Å²) in [6.07, 6.45) is 0.692. The van der Waals surface area contributed by atoms with Gasteiger partial charge in [-0.15, -0.1) is 0 Å². The Bertz CT molecular complexity index is 933. The molecule has 0 aliphatic rings. The van der Waals surface area contributed by atoms with Crippen LogP contribution in [0, 0.1) is 6.92 Å². The number of methoxy groups -OCH3 is 2. The van der Waals surface area contributed by atoms with Gasteiger partial charge >= 0.3 is 0 Å². The highest BCUT2D eigenvalue weighted by Gasteiger charge is 2.23. The lowest BCUT2D eigenvalue weighted by molar-refractivity contribution is 0.0954. The molecule has 27 heavy (non-hydrogen) atoms. The van der Waals surface area contributed by atoms with Gasteiger partial charge < -0.3 is 19.3 Å². The van der Waals surface area contributed by atoms with E-state index in [2.05, 4.69) is 10.5 Å². The number of hydrogen-bond acceptors (Lipinski definition) is 5. The molecule has 1 aromatic heterocycles. The summed E-state index contributed by atoms with van der Waals surface area (Å²) in [5, 5.41) is 6.91. The van der Waals surface area contributed by atoms with Gasteiger partial charge in [-0.2, -0.15) is 0 Å². The van der Waals surface area contributed by atoms with Gasteiger partial charge in [0, 0.05) is 6.54 Å². The smallest absolute Gasteiger partial charge is 0.257 e. The van der Waals surface area contributed by atoms with Gasteiger partial charge in [-0.25, -0.2) is 0 Å². The minimum Gasteiger partial charge on any atom is -0.497 e. The minimum absolute atomic E-state index is 0.224. The number of nitrogens with zero attached hydrogens (tertiary/aromatic N) is 1. The summed E-state index contributed by atoms with van der Waals surface area (Å²) in [6.45, 7) is 2.24. The first-order chi connectivity index (χ1) is 13.1. The van der Waals surface area contributed by atoms with Crippen LogP contribution < -0.4 is 14.8 Å². The van der Waals surface area contributed by atoms with E-state index in [1.54, 1.807) is 21.1 Å². The number of carbonyl (C=O) groups is 1. The number of aromatic nitrogens is 1. The summed E-state index contributed by atoms with van der Waals surface area (Å²) in [5.74, 6) is 1.60. The van der Waals surface area contributed by atoms with Crippen molar-refractivity contribution in [2.45, 2.75) is 13.3 Å². The van der Waals surface area contributed by atoms with Gasteiger partial charge in [-0.1, -0.05) is 29.4 Å². The number of ether oxygens (including phenoxy) is 2. The molecule has 6 nitrogen and oxygen atoms in total. The second kappa shape index (κ2) is 8.40. The third kappa shape index (κ3) is 4.11. The predicted octanol–water partition coefficient (Wildman–Crippen LogP) is 3.64. The van der Waals surface area contributed by atoms with Crippen molar-refractivity contribution >= 4 is 5.91 Å². The molecule has 0 atom stereocenters. The largest absolute Gasteiger partial charge is 0.497 e. The zero-order valence-electron chi connectivity index (χ0n) is 15.6. The number of carbonyl (C=O) groups excluding carboxylic acids is 1. The Labute approximate surface area is 158 Å². The number of para-hydroxylation sites is 1. The van der Waals surface area contributed by atoms with E-state index in [0.29, 0.717) is 41.3 Å². The topological polar surface area (TPSA) is 73.6 Å². The lowest BCUT2D eigenvalue weighted by atomic mass is 10.1. The van der Waals surface area contributed by atoms with Crippen molar-refractivity contribution in [3.05, 3.63) is 65.4 Å². The fourth-order valence-electron chi connectivity index (χ4n) is 2.89. The maximum absolute atomic E-state index is 12.8. The molecule has 0 aliphatic carbocycles. The Morgan fingerprint density at radius 3 is 2.70 bits per heavy atom. The van der Waals surface area contributed by atoms with Crippen LogP contribution >= 0.6 is 0 Å². The van der Waals surface area contributed by atoms with E-state index in [4.69, 9.17) is 14.0 Å². The highest BCUT2D eigenvalue weighted by atomic mass is 16.5. The van der Waals surface area contributed by atoms with E-state index in [9.17, 15) is 4.79 Å². The lowest BCUT2D eigenvalue weighted by Gasteiger charge is -2.09. The molecular formula is C21H22N2O4. The Hall–Kier alpha value is -3.28. The second-order valence-corrected chi connectivity index (χ2v) is 6.03. The number of amides is 1. The molecule has 0 unspecified atom stereocenters. The van der Waals surface area contributed by atoms with Crippen molar-refractivity contribution in [2.75, 3.05) is 20.8 Å². The molecule has 3 rings (SSSR count). The Balaban J connectivity index is 1.74. The average molecular weight is 366 g/mol. The summed E-state index contributed by atoms with van der Waals surface area (Å²) in [7, 11) is 3.21. The number of hydrogen-bond donors (Lipinski definition) is 1. The van der Waals surface area contributed by atoms with E-state index in [0.717, 1.165) is 11.3 Å². The second-order valence-electron chi connectivity index (χ2n) is 6.03. The summed E-state index contributed by atoms with van der Waals surface area (Å²) in [6, 6.07) is 15.2. The molecule has 0 radical (unpaired) electrons. The van der Waals surface area contributed by atoms with Gasteiger partial charge in [0.15, 0.2) is 5.76 Å². The van der Waals surface area contributed by atoms with E-state index in [-0.39, 0.29) is 5.91 Å². The van der Waals surface area contributed by atoms with Gasteiger partial charge in [-0.3, -0.25) is 4.79 Å². The third-order valence-corrected chi connectivity index (χ3v) is 4.27. The van der Waals surface area contributed by atoms with Crippen LogP contribution in [0.5, 0.6) is 11.5 Å². The molecule has 0 bridgehead atoms. The van der Waals surface area contributed by atoms with Crippen molar-refractivity contribution < 1.29 is 18.8 Å². The van der Waals surface area contributed by atoms with Crippen LogP contribution in [-0.2, 0) is 6.42 Å². The SMILES string of the molecule is COc1cccc(CCNC(=O)c2c(C)noc2-c2ccccc2OC)c1. The normalized spacial score (nSPS) is 10.5. The molecule has 0 saturated carbocycles. The standard InChI is InChI=1S/C21H22N2O4/c1-14-19(20(27-23-14)17-9-4-5-10-18(17)26-3)21(24)22-12-11-15-7-6-8-16(13-15)25-2/h4-10,13H,11-12H2,1-3H3,(H,22,24). The molecule has 0 spiro atoms. The Morgan fingerprint density at radius 1 is 1.11 bits per heavy atom. The molecule has 0 saturated heterocycles. The number of benzene rings is 2. The first kappa shape index (κ1) is 18.5. The molecule has 140 valence electrons. The molecule has 1 heterocycles. The average Bonchev–Trinajstić information content (AvgIpc) is 3.09. The molecular weight excluding hydrogens is 344 g/mol. The van der Waals surface area contributed by atoms with Crippen molar-refractivity contribution in [3.8, 4) is 22.8 Å². The van der Waals surface area contributed by atoms with Crippen LogP contribution in [0.2, 0.25) is 0 Å². The molecule has 6 heteroatoms. The molecule has 3 aromatic rings. The summed E-state index contributed by atoms with van der Waals surface area (Å²) in [5.41, 5.74) is 2.74. The van der Waals surface area contributed by atoms with Gasteiger partial charge in [0.2, 0.25) is 0 Å². The van der Waals surface area contributed by atoms with Crippen LogP contribution in [0.1, 0.15) is 21.6 Å². The maximum atomic E-state index is 12.8. The fraction of sp³-hybridized carbons (Fsp3) is 0.238. The number of rotatable bonds is 7. The Kier molecular flexibility index (Phi) is 5.76. The first-order valence-corrected chi connectivity index (χ1v) is 8.64. The monoisotopic (exact) mass is 366 g/mol. The van der Waals surface area contributed by atoms with Crippen LogP contribution in [0.25, 0.3) is 11.3 Å². The van der Waals surface area contributed by atoms with Crippen LogP contribution in [0.4, 0.5) is 0 Å². The van der Waals surface area contributed by atoms with Gasteiger partial charge in [-0.05, 0) is 43.2 Å². The van der Waals surface area contributed by atoms with Gasteiger partial charge in [0.25, 0.3) is 5.91 Å². The van der Waals surface area contributed by atoms with Crippen molar-refractivity contribution in [1.29, 1.82) is 0 Å². The highest BCUT2D eigenvalue weighted by molar-refractivity contribution is 6.01. The quantitative estimate of drug-likeness (QED) is 0.691. The lowest BCUT2D eigenvalue weighted by Crippen LogP contribution is -2.26. The zero-order valence-corrected chi connectivity index (χ0v) is 15.6. The fourth-order valence-corrected chi connectivity index (χ4v) is 2.89. The zero-order chi connectivity index (χ0) is 19.2. The predicted molar refractivity (Wildman–Crippen MR) is 102 cm³/mol. The van der Waals surface area contributed by atoms with E-state index >= 15 is 0 Å². The molecule has 1 amide bonds. The molecule has 0 aliphatic heterocycles. The van der Waals surface area contributed by atoms with Crippen molar-refractivity contribution in [2.24, 2.45) is 0 Å². The highest BCUT2D eigenvalue weighted by Crippen LogP contribution is 2.33. The molecule has 0 fully saturated rings. The van der Waals surface area contributed by atoms with E-state index in [1.165, 1.54) is 0 Å². The van der Waals surface area contributed by atoms with Crippen LogP contribution in [0.3, 0.4) is 0 Å². The van der Waals surface area contributed by atoms with E-state index < -0.39 is 0 Å². The van der Waals surface area contributed by atoms with Gasteiger partial charge in [0.1, 0.15) is 17.1 Å². The van der Waals surface area contributed by atoms with Crippen molar-refractivity contribution in [3.63, 3.8) is 0 Å². The maximum Gasteiger partial charge on any atom is 0.257 e. The summed E-state index contributed by atoms with van der Waals surface area (Å²) in [4.78, 5) is 12.8. The van der Waals surface area contributed by atoms with Crippen molar-refractivity contribution in [1.82, 2.24) is 10.5 Å². The number of nitrogens with one attached hydrogen (secondary N) is 1. The van der Waals surface area contributed by atoms with Crippen LogP contribution in [0.15, 0.2) is 53.1 Å². The van der Waals surface area contributed by atoms with Crippen LogP contribution in [-0.4, -0.2) is 31.8 Å². The first-order valence-electron chi connectivity index (χ1n) is 8.64. The van der Waals surface area contributed by atoms with Gasteiger partial charge in [0.05, 0.1) is 25.5 Å². The third-order valence-electron chi connectivity index (χ3n) is 4.27. The molecule has 2 aromatic carbocycles.